The van der Waals surface area contributed by atoms with Crippen molar-refractivity contribution >= 4 is 33.5 Å². The normalized spacial score (nSPS) is 21.7. The van der Waals surface area contributed by atoms with E-state index in [1.807, 2.05) is 4.90 Å². The van der Waals surface area contributed by atoms with Gasteiger partial charge >= 0.3 is 5.97 Å². The summed E-state index contributed by atoms with van der Waals surface area (Å²) in [4.78, 5) is 24.2. The number of halogens is 1. The lowest BCUT2D eigenvalue weighted by molar-refractivity contribution is -0.141. The smallest absolute Gasteiger partial charge is 0.311 e. The van der Waals surface area contributed by atoms with Gasteiger partial charge in [-0.2, -0.15) is 0 Å². The fourth-order valence-electron chi connectivity index (χ4n) is 2.28. The second-order valence-corrected chi connectivity index (χ2v) is 5.54. The van der Waals surface area contributed by atoms with E-state index in [9.17, 15) is 14.7 Å². The van der Waals surface area contributed by atoms with Crippen LogP contribution < -0.4 is 10.6 Å². The molecule has 1 aromatic rings. The number of benzene rings is 1. The number of anilines is 1. The minimum atomic E-state index is -0.868. The molecule has 1 aromatic carbocycles. The van der Waals surface area contributed by atoms with E-state index in [-0.39, 0.29) is 12.6 Å². The van der Waals surface area contributed by atoms with Gasteiger partial charge in [0, 0.05) is 17.2 Å². The number of carbonyl (C=O) groups is 2. The Balaban J connectivity index is 2.25. The van der Waals surface area contributed by atoms with Gasteiger partial charge < -0.3 is 20.5 Å². The summed E-state index contributed by atoms with van der Waals surface area (Å²) >= 11 is 3.29. The van der Waals surface area contributed by atoms with Gasteiger partial charge in [0.25, 0.3) is 0 Å². The van der Waals surface area contributed by atoms with E-state index in [0.717, 1.165) is 5.69 Å². The van der Waals surface area contributed by atoms with Crippen LogP contribution in [0.5, 0.6) is 0 Å². The first-order valence-electron chi connectivity index (χ1n) is 6.04. The summed E-state index contributed by atoms with van der Waals surface area (Å²) in [5.41, 5.74) is 6.43. The molecule has 108 valence electrons. The first kappa shape index (κ1) is 14.8. The van der Waals surface area contributed by atoms with Crippen molar-refractivity contribution in [2.45, 2.75) is 6.04 Å². The Morgan fingerprint density at radius 1 is 1.45 bits per heavy atom. The Hall–Kier alpha value is -1.60. The molecule has 1 heterocycles. The van der Waals surface area contributed by atoms with Crippen molar-refractivity contribution in [1.82, 2.24) is 0 Å². The molecule has 2 atom stereocenters. The van der Waals surface area contributed by atoms with Crippen LogP contribution in [-0.2, 0) is 9.53 Å². The third-order valence-electron chi connectivity index (χ3n) is 3.49. The third-order valence-corrected chi connectivity index (χ3v) is 4.15. The lowest BCUT2D eigenvalue weighted by Crippen LogP contribution is -2.40. The first-order valence-corrected chi connectivity index (χ1v) is 6.84. The van der Waals surface area contributed by atoms with Crippen LogP contribution in [0.15, 0.2) is 22.7 Å². The second-order valence-electron chi connectivity index (χ2n) is 4.69. The summed E-state index contributed by atoms with van der Waals surface area (Å²) in [5.74, 6) is -1.94. The molecule has 0 aliphatic carbocycles. The molecule has 1 aliphatic rings. The van der Waals surface area contributed by atoms with Gasteiger partial charge in [-0.25, -0.2) is 0 Å². The van der Waals surface area contributed by atoms with Crippen LogP contribution in [0.1, 0.15) is 10.4 Å². The zero-order chi connectivity index (χ0) is 14.9. The van der Waals surface area contributed by atoms with E-state index >= 15 is 0 Å². The Kier molecular flexibility index (Phi) is 4.29. The number of likely N-dealkylation sites (N-methyl/N-ethyl adjacent to an activating group) is 1. The van der Waals surface area contributed by atoms with Crippen LogP contribution in [0.25, 0.3) is 0 Å². The molecule has 3 N–H and O–H groups in total. The van der Waals surface area contributed by atoms with Gasteiger partial charge in [-0.1, -0.05) is 0 Å². The highest BCUT2D eigenvalue weighted by Gasteiger charge is 2.37. The van der Waals surface area contributed by atoms with Gasteiger partial charge in [-0.15, -0.1) is 0 Å². The number of nitrogens with zero attached hydrogens (tertiary/aromatic N) is 1. The molecule has 0 bridgehead atoms. The van der Waals surface area contributed by atoms with E-state index in [4.69, 9.17) is 10.5 Å². The highest BCUT2D eigenvalue weighted by atomic mass is 79.9. The Bertz CT molecular complexity index is 549. The predicted octanol–water partition coefficient (Wildman–Crippen LogP) is 1.08. The van der Waals surface area contributed by atoms with Crippen LogP contribution in [0.4, 0.5) is 5.69 Å². The summed E-state index contributed by atoms with van der Waals surface area (Å²) in [5, 5.41) is 9.17. The maximum absolute atomic E-state index is 11.2. The van der Waals surface area contributed by atoms with E-state index < -0.39 is 17.8 Å². The zero-order valence-electron chi connectivity index (χ0n) is 10.9. The van der Waals surface area contributed by atoms with Crippen molar-refractivity contribution in [3.8, 4) is 0 Å². The average Bonchev–Trinajstić information content (AvgIpc) is 2.86. The minimum absolute atomic E-state index is 0.213. The monoisotopic (exact) mass is 342 g/mol. The topological polar surface area (TPSA) is 92.9 Å². The largest absolute Gasteiger partial charge is 0.481 e. The Morgan fingerprint density at radius 2 is 2.15 bits per heavy atom. The molecule has 0 radical (unpaired) electrons. The van der Waals surface area contributed by atoms with Crippen molar-refractivity contribution in [3.63, 3.8) is 0 Å². The van der Waals surface area contributed by atoms with Gasteiger partial charge in [0.1, 0.15) is 5.92 Å². The lowest BCUT2D eigenvalue weighted by atomic mass is 10.0. The third kappa shape index (κ3) is 2.78. The number of carboxylic acids is 1. The summed E-state index contributed by atoms with van der Waals surface area (Å²) in [6, 6.07) is 4.86. The predicted molar refractivity (Wildman–Crippen MR) is 76.8 cm³/mol. The van der Waals surface area contributed by atoms with E-state index in [1.165, 1.54) is 0 Å². The molecule has 20 heavy (non-hydrogen) atoms. The van der Waals surface area contributed by atoms with Crippen molar-refractivity contribution in [2.75, 3.05) is 25.2 Å². The lowest BCUT2D eigenvalue weighted by Gasteiger charge is -2.28. The van der Waals surface area contributed by atoms with Crippen molar-refractivity contribution in [3.05, 3.63) is 28.2 Å². The molecule has 0 spiro atoms. The maximum atomic E-state index is 11.2. The van der Waals surface area contributed by atoms with E-state index in [1.54, 1.807) is 25.2 Å². The average molecular weight is 343 g/mol. The first-order chi connectivity index (χ1) is 9.41. The number of aliphatic carboxylic acids is 1. The van der Waals surface area contributed by atoms with Crippen LogP contribution >= 0.6 is 15.9 Å². The number of hydrogen-bond donors (Lipinski definition) is 2. The van der Waals surface area contributed by atoms with Crippen LogP contribution in [0.3, 0.4) is 0 Å². The number of nitrogens with two attached hydrogens (primary N) is 1. The highest BCUT2D eigenvalue weighted by Crippen LogP contribution is 2.28. The maximum Gasteiger partial charge on any atom is 0.311 e. The second kappa shape index (κ2) is 5.80. The molecule has 2 rings (SSSR count). The Morgan fingerprint density at radius 3 is 2.70 bits per heavy atom. The molecular weight excluding hydrogens is 328 g/mol. The SMILES string of the molecule is CN(c1ccc(C(N)=O)c(Br)c1)C1COCC1C(=O)O. The number of hydrogen-bond acceptors (Lipinski definition) is 4. The summed E-state index contributed by atoms with van der Waals surface area (Å²) < 4.78 is 5.84. The van der Waals surface area contributed by atoms with Crippen molar-refractivity contribution in [2.24, 2.45) is 11.7 Å². The molecule has 1 saturated heterocycles. The molecule has 2 unspecified atom stereocenters. The van der Waals surface area contributed by atoms with Crippen molar-refractivity contribution in [1.29, 1.82) is 0 Å². The molecule has 6 nitrogen and oxygen atoms in total. The van der Waals surface area contributed by atoms with Gasteiger partial charge in [0.05, 0.1) is 24.8 Å². The number of primary amides is 1. The summed E-state index contributed by atoms with van der Waals surface area (Å²) in [6.07, 6.45) is 0. The van der Waals surface area contributed by atoms with E-state index in [2.05, 4.69) is 15.9 Å². The standard InChI is InChI=1S/C13H15BrN2O4/c1-16(11-6-20-5-9(11)13(18)19)7-2-3-8(12(15)17)10(14)4-7/h2-4,9,11H,5-6H2,1H3,(H2,15,17)(H,18,19). The van der Waals surface area contributed by atoms with Gasteiger partial charge in [0.2, 0.25) is 5.91 Å². The Labute approximate surface area is 124 Å². The minimum Gasteiger partial charge on any atom is -0.481 e. The molecule has 0 saturated carbocycles. The molecule has 1 fully saturated rings. The molecule has 7 heteroatoms. The van der Waals surface area contributed by atoms with Gasteiger partial charge in [-0.3, -0.25) is 9.59 Å². The van der Waals surface area contributed by atoms with Crippen molar-refractivity contribution < 1.29 is 19.4 Å². The fraction of sp³-hybridized carbons (Fsp3) is 0.385. The van der Waals surface area contributed by atoms with Crippen LogP contribution in [0, 0.1) is 5.92 Å². The number of ether oxygens (including phenoxy) is 1. The number of amides is 1. The number of rotatable bonds is 4. The van der Waals surface area contributed by atoms with E-state index in [0.29, 0.717) is 16.6 Å². The number of carbonyl (C=O) groups excluding carboxylic acids is 1. The molecule has 1 amide bonds. The van der Waals surface area contributed by atoms with Crippen LogP contribution in [0.2, 0.25) is 0 Å². The van der Waals surface area contributed by atoms with Crippen LogP contribution in [-0.4, -0.2) is 43.3 Å². The highest BCUT2D eigenvalue weighted by molar-refractivity contribution is 9.10. The van der Waals surface area contributed by atoms with Gasteiger partial charge in [0.15, 0.2) is 0 Å². The quantitative estimate of drug-likeness (QED) is 0.854. The van der Waals surface area contributed by atoms with Gasteiger partial charge in [-0.05, 0) is 34.1 Å². The molecule has 1 aliphatic heterocycles. The fourth-order valence-corrected chi connectivity index (χ4v) is 2.84. The summed E-state index contributed by atoms with van der Waals surface area (Å²) in [6.45, 7) is 0.577. The molecular formula is C13H15BrN2O4. The molecule has 0 aromatic heterocycles. The zero-order valence-corrected chi connectivity index (χ0v) is 12.5. The number of carboxylic acid groups (broad SMARTS) is 1. The summed E-state index contributed by atoms with van der Waals surface area (Å²) in [7, 11) is 1.81.